The topological polar surface area (TPSA) is 32.3 Å². The average Bonchev–Trinajstić information content (AvgIpc) is 2.59. The summed E-state index contributed by atoms with van der Waals surface area (Å²) in [5.41, 5.74) is 2.50. The first-order valence-electron chi connectivity index (χ1n) is 10.2. The van der Waals surface area contributed by atoms with E-state index in [1.807, 2.05) is 0 Å². The van der Waals surface area contributed by atoms with E-state index >= 15 is 0 Å². The van der Waals surface area contributed by atoms with Crippen LogP contribution in [0, 0.1) is 17.3 Å². The second-order valence-electron chi connectivity index (χ2n) is 9.57. The summed E-state index contributed by atoms with van der Waals surface area (Å²) in [5, 5.41) is 3.37. The summed E-state index contributed by atoms with van der Waals surface area (Å²) < 4.78 is 0. The first-order chi connectivity index (χ1) is 12.5. The molecule has 1 aromatic rings. The molecular formula is C22H29ClN2O. The van der Waals surface area contributed by atoms with Gasteiger partial charge in [0.05, 0.1) is 5.41 Å². The number of halogens is 1. The molecule has 4 fully saturated rings. The van der Waals surface area contributed by atoms with E-state index < -0.39 is 0 Å². The lowest BCUT2D eigenvalue weighted by Crippen LogP contribution is -2.58. The highest BCUT2D eigenvalue weighted by atomic mass is 35.5. The van der Waals surface area contributed by atoms with Gasteiger partial charge in [-0.2, -0.15) is 0 Å². The van der Waals surface area contributed by atoms with Crippen LogP contribution in [0.25, 0.3) is 0 Å². The van der Waals surface area contributed by atoms with E-state index in [4.69, 9.17) is 11.6 Å². The Labute approximate surface area is 161 Å². The number of fused-ring (bicyclic) bond motifs is 1. The normalized spacial score (nSPS) is 40.4. The molecule has 1 amide bonds. The highest BCUT2D eigenvalue weighted by molar-refractivity contribution is 6.24. The summed E-state index contributed by atoms with van der Waals surface area (Å²) >= 11 is 6.91. The van der Waals surface area contributed by atoms with Crippen LogP contribution in [0.4, 0.5) is 5.69 Å². The van der Waals surface area contributed by atoms with E-state index in [0.29, 0.717) is 17.8 Å². The Morgan fingerprint density at radius 2 is 1.96 bits per heavy atom. The number of para-hydroxylation sites is 1. The second kappa shape index (κ2) is 5.89. The van der Waals surface area contributed by atoms with Crippen LogP contribution < -0.4 is 10.2 Å². The molecule has 140 valence electrons. The molecular weight excluding hydrogens is 344 g/mol. The Balaban J connectivity index is 1.31. The van der Waals surface area contributed by atoms with Gasteiger partial charge in [-0.05, 0) is 68.4 Å². The fraction of sp³-hybridized carbons (Fsp3) is 0.682. The number of carbonyl (C=O) groups is 1. The van der Waals surface area contributed by atoms with E-state index in [-0.39, 0.29) is 16.2 Å². The van der Waals surface area contributed by atoms with Gasteiger partial charge in [-0.15, -0.1) is 11.6 Å². The number of hydrogen-bond donors (Lipinski definition) is 1. The van der Waals surface area contributed by atoms with Crippen LogP contribution in [0.2, 0.25) is 0 Å². The number of nitrogens with zero attached hydrogens (tertiary/aromatic N) is 1. The molecule has 1 aromatic carbocycles. The van der Waals surface area contributed by atoms with Crippen molar-refractivity contribution in [2.75, 3.05) is 25.0 Å². The van der Waals surface area contributed by atoms with Crippen LogP contribution in [0.5, 0.6) is 0 Å². The summed E-state index contributed by atoms with van der Waals surface area (Å²) in [6, 6.07) is 8.63. The summed E-state index contributed by atoms with van der Waals surface area (Å²) in [6.45, 7) is 1.81. The molecule has 0 radical (unpaired) electrons. The minimum Gasteiger partial charge on any atom is -0.374 e. The molecule has 1 N–H and O–H groups in total. The number of anilines is 1. The van der Waals surface area contributed by atoms with Crippen molar-refractivity contribution in [2.24, 2.45) is 17.3 Å². The molecule has 3 unspecified atom stereocenters. The van der Waals surface area contributed by atoms with Gasteiger partial charge in [0.15, 0.2) is 0 Å². The van der Waals surface area contributed by atoms with Gasteiger partial charge in [-0.1, -0.05) is 18.2 Å². The Kier molecular flexibility index (Phi) is 3.83. The number of alkyl halides is 1. The lowest BCUT2D eigenvalue weighted by atomic mass is 9.49. The third-order valence-corrected chi connectivity index (χ3v) is 8.02. The van der Waals surface area contributed by atoms with Gasteiger partial charge in [-0.3, -0.25) is 4.79 Å². The van der Waals surface area contributed by atoms with Gasteiger partial charge in [-0.25, -0.2) is 0 Å². The summed E-state index contributed by atoms with van der Waals surface area (Å²) in [4.78, 5) is 15.5. The quantitative estimate of drug-likeness (QED) is 0.802. The van der Waals surface area contributed by atoms with E-state index in [1.54, 1.807) is 0 Å². The molecule has 6 rings (SSSR count). The maximum Gasteiger partial charge on any atom is 0.226 e. The van der Waals surface area contributed by atoms with Crippen molar-refractivity contribution in [3.63, 3.8) is 0 Å². The maximum absolute atomic E-state index is 13.3. The van der Waals surface area contributed by atoms with Crippen LogP contribution in [0.15, 0.2) is 24.3 Å². The molecule has 4 saturated carbocycles. The smallest absolute Gasteiger partial charge is 0.226 e. The number of benzene rings is 1. The lowest BCUT2D eigenvalue weighted by molar-refractivity contribution is -0.144. The fourth-order valence-electron chi connectivity index (χ4n) is 6.84. The fourth-order valence-corrected chi connectivity index (χ4v) is 7.53. The SMILES string of the molecule is CN1CCC(CNC(=O)C23CC4CC(CC(Cl)(C4)C2)C3)c2ccccc21. The average molecular weight is 373 g/mol. The molecule has 4 bridgehead atoms. The molecule has 3 atom stereocenters. The predicted octanol–water partition coefficient (Wildman–Crippen LogP) is 4.30. The molecule has 4 heteroatoms. The zero-order chi connectivity index (χ0) is 17.9. The van der Waals surface area contributed by atoms with Crippen molar-refractivity contribution in [1.82, 2.24) is 5.32 Å². The number of nitrogens with one attached hydrogen (secondary N) is 1. The van der Waals surface area contributed by atoms with Gasteiger partial charge in [0.2, 0.25) is 5.91 Å². The second-order valence-corrected chi connectivity index (χ2v) is 10.4. The molecule has 0 aromatic heterocycles. The number of amides is 1. The minimum atomic E-state index is -0.184. The Hall–Kier alpha value is -1.22. The van der Waals surface area contributed by atoms with E-state index in [1.165, 1.54) is 17.7 Å². The van der Waals surface area contributed by atoms with Gasteiger partial charge in [0, 0.05) is 36.6 Å². The van der Waals surface area contributed by atoms with Crippen molar-refractivity contribution in [2.45, 2.75) is 55.7 Å². The predicted molar refractivity (Wildman–Crippen MR) is 106 cm³/mol. The van der Waals surface area contributed by atoms with Gasteiger partial charge < -0.3 is 10.2 Å². The van der Waals surface area contributed by atoms with Gasteiger partial charge in [0.25, 0.3) is 0 Å². The molecule has 3 nitrogen and oxygen atoms in total. The summed E-state index contributed by atoms with van der Waals surface area (Å²) in [6.07, 6.45) is 7.67. The number of carbonyl (C=O) groups excluding carboxylic acids is 1. The van der Waals surface area contributed by atoms with Crippen LogP contribution in [0.1, 0.15) is 56.4 Å². The molecule has 0 saturated heterocycles. The van der Waals surface area contributed by atoms with E-state index in [2.05, 4.69) is 41.5 Å². The van der Waals surface area contributed by atoms with Crippen molar-refractivity contribution >= 4 is 23.2 Å². The van der Waals surface area contributed by atoms with Crippen molar-refractivity contribution in [3.05, 3.63) is 29.8 Å². The summed E-state index contributed by atoms with van der Waals surface area (Å²) in [5.74, 6) is 2.05. The van der Waals surface area contributed by atoms with Crippen molar-refractivity contribution < 1.29 is 4.79 Å². The highest BCUT2D eigenvalue weighted by Crippen LogP contribution is 2.63. The minimum absolute atomic E-state index is 0.0957. The zero-order valence-electron chi connectivity index (χ0n) is 15.6. The van der Waals surface area contributed by atoms with Crippen molar-refractivity contribution in [3.8, 4) is 0 Å². The number of rotatable bonds is 3. The Morgan fingerprint density at radius 1 is 1.23 bits per heavy atom. The molecule has 4 aliphatic carbocycles. The lowest BCUT2D eigenvalue weighted by Gasteiger charge is -2.59. The molecule has 5 aliphatic rings. The van der Waals surface area contributed by atoms with E-state index in [9.17, 15) is 4.79 Å². The van der Waals surface area contributed by atoms with Gasteiger partial charge in [0.1, 0.15) is 0 Å². The largest absolute Gasteiger partial charge is 0.374 e. The number of hydrogen-bond acceptors (Lipinski definition) is 2. The zero-order valence-corrected chi connectivity index (χ0v) is 16.4. The third-order valence-electron chi connectivity index (χ3n) is 7.58. The van der Waals surface area contributed by atoms with Crippen LogP contribution in [0.3, 0.4) is 0 Å². The monoisotopic (exact) mass is 372 g/mol. The van der Waals surface area contributed by atoms with E-state index in [0.717, 1.165) is 51.6 Å². The highest BCUT2D eigenvalue weighted by Gasteiger charge is 2.60. The van der Waals surface area contributed by atoms with Crippen molar-refractivity contribution in [1.29, 1.82) is 0 Å². The molecule has 26 heavy (non-hydrogen) atoms. The first-order valence-corrected chi connectivity index (χ1v) is 10.6. The van der Waals surface area contributed by atoms with Crippen LogP contribution in [-0.2, 0) is 4.79 Å². The third kappa shape index (κ3) is 2.66. The Bertz CT molecular complexity index is 719. The van der Waals surface area contributed by atoms with Gasteiger partial charge >= 0.3 is 0 Å². The Morgan fingerprint density at radius 3 is 2.69 bits per heavy atom. The maximum atomic E-state index is 13.3. The molecule has 1 heterocycles. The molecule has 0 spiro atoms. The van der Waals surface area contributed by atoms with Crippen LogP contribution in [-0.4, -0.2) is 30.9 Å². The standard InChI is InChI=1S/C22H29ClN2O/c1-25-7-6-17(18-4-2-3-5-19(18)25)13-24-20(26)21-9-15-8-16(10-21)12-22(23,11-15)14-21/h2-5,15-17H,6-14H2,1H3,(H,24,26). The molecule has 1 aliphatic heterocycles. The summed E-state index contributed by atoms with van der Waals surface area (Å²) in [7, 11) is 2.16. The first kappa shape index (κ1) is 16.9. The van der Waals surface area contributed by atoms with Crippen LogP contribution >= 0.6 is 11.6 Å².